The Morgan fingerprint density at radius 2 is 2.17 bits per heavy atom. The van der Waals surface area contributed by atoms with Gasteiger partial charge in [-0.15, -0.1) is 0 Å². The lowest BCUT2D eigenvalue weighted by Gasteiger charge is -2.25. The highest BCUT2D eigenvalue weighted by molar-refractivity contribution is 5.64. The number of anilines is 1. The smallest absolute Gasteiger partial charge is 0.368 e. The summed E-state index contributed by atoms with van der Waals surface area (Å²) in [4.78, 5) is 12.5. The van der Waals surface area contributed by atoms with Crippen molar-refractivity contribution in [1.82, 2.24) is 0 Å². The van der Waals surface area contributed by atoms with Crippen LogP contribution in [0.15, 0.2) is 18.2 Å². The van der Waals surface area contributed by atoms with Crippen LogP contribution in [0.4, 0.5) is 18.9 Å². The molecule has 0 aliphatic carbocycles. The van der Waals surface area contributed by atoms with E-state index in [0.717, 1.165) is 17.9 Å². The Bertz CT molecular complexity index is 456. The van der Waals surface area contributed by atoms with Crippen molar-refractivity contribution in [3.8, 4) is 0 Å². The van der Waals surface area contributed by atoms with Gasteiger partial charge in [0.1, 0.15) is 6.29 Å². The van der Waals surface area contributed by atoms with Crippen molar-refractivity contribution in [3.63, 3.8) is 0 Å². The molecule has 1 aliphatic heterocycles. The van der Waals surface area contributed by atoms with Crippen LogP contribution in [0, 0.1) is 0 Å². The minimum Gasteiger partial charge on any atom is -0.368 e. The first kappa shape index (κ1) is 12.9. The summed E-state index contributed by atoms with van der Waals surface area (Å²) in [5, 5.41) is 0. The van der Waals surface area contributed by atoms with E-state index in [0.29, 0.717) is 25.1 Å². The number of halogens is 3. The average Bonchev–Trinajstić information content (AvgIpc) is 2.64. The van der Waals surface area contributed by atoms with Gasteiger partial charge in [-0.3, -0.25) is 0 Å². The number of hydrogen-bond donors (Lipinski definition) is 0. The van der Waals surface area contributed by atoms with E-state index >= 15 is 0 Å². The number of aldehydes is 1. The van der Waals surface area contributed by atoms with Gasteiger partial charge in [0.25, 0.3) is 0 Å². The molecule has 1 heterocycles. The zero-order valence-electron chi connectivity index (χ0n) is 10.00. The molecule has 2 nitrogen and oxygen atoms in total. The molecular weight excluding hydrogens is 243 g/mol. The molecule has 98 valence electrons. The monoisotopic (exact) mass is 257 g/mol. The van der Waals surface area contributed by atoms with E-state index in [1.807, 2.05) is 11.8 Å². The number of benzene rings is 1. The van der Waals surface area contributed by atoms with Crippen LogP contribution in [-0.2, 0) is 17.4 Å². The van der Waals surface area contributed by atoms with Crippen LogP contribution in [0.3, 0.4) is 0 Å². The zero-order chi connectivity index (χ0) is 13.3. The number of fused-ring (bicyclic) bond motifs is 1. The van der Waals surface area contributed by atoms with Crippen molar-refractivity contribution in [1.29, 1.82) is 0 Å². The molecule has 0 radical (unpaired) electrons. The van der Waals surface area contributed by atoms with Crippen LogP contribution < -0.4 is 4.90 Å². The predicted molar refractivity (Wildman–Crippen MR) is 62.6 cm³/mol. The van der Waals surface area contributed by atoms with Gasteiger partial charge in [0.15, 0.2) is 0 Å². The fourth-order valence-electron chi connectivity index (χ4n) is 2.49. The van der Waals surface area contributed by atoms with E-state index in [1.165, 1.54) is 12.1 Å². The molecule has 18 heavy (non-hydrogen) atoms. The number of rotatable bonds is 3. The van der Waals surface area contributed by atoms with Crippen molar-refractivity contribution in [2.75, 3.05) is 11.4 Å². The van der Waals surface area contributed by atoms with E-state index in [2.05, 4.69) is 0 Å². The molecular formula is C13H14F3NO. The number of nitrogens with zero attached hydrogens (tertiary/aromatic N) is 1. The molecule has 1 aromatic rings. The summed E-state index contributed by atoms with van der Waals surface area (Å²) in [7, 11) is 0. The predicted octanol–water partition coefficient (Wildman–Crippen LogP) is 3.05. The maximum atomic E-state index is 12.7. The minimum absolute atomic E-state index is 0.00835. The van der Waals surface area contributed by atoms with Gasteiger partial charge in [0, 0.05) is 24.7 Å². The van der Waals surface area contributed by atoms with Crippen molar-refractivity contribution < 1.29 is 18.0 Å². The van der Waals surface area contributed by atoms with Crippen LogP contribution in [0.2, 0.25) is 0 Å². The van der Waals surface area contributed by atoms with Crippen molar-refractivity contribution >= 4 is 12.0 Å². The summed E-state index contributed by atoms with van der Waals surface area (Å²) < 4.78 is 38.0. The summed E-state index contributed by atoms with van der Waals surface area (Å²) in [5.41, 5.74) is 0.863. The van der Waals surface area contributed by atoms with Crippen LogP contribution in [-0.4, -0.2) is 18.9 Å². The highest BCUT2D eigenvalue weighted by atomic mass is 19.4. The molecule has 0 saturated heterocycles. The maximum Gasteiger partial charge on any atom is 0.416 e. The van der Waals surface area contributed by atoms with E-state index in [-0.39, 0.29) is 6.04 Å². The first-order chi connectivity index (χ1) is 8.47. The summed E-state index contributed by atoms with van der Waals surface area (Å²) in [5.74, 6) is 0. The Hall–Kier alpha value is -1.52. The van der Waals surface area contributed by atoms with E-state index in [1.54, 1.807) is 0 Å². The molecule has 0 spiro atoms. The molecule has 5 heteroatoms. The SMILES string of the molecule is CCN1c2cc(C(F)(F)F)ccc2CC1CC=O. The highest BCUT2D eigenvalue weighted by Gasteiger charge is 2.34. The normalized spacial score (nSPS) is 18.9. The van der Waals surface area contributed by atoms with Crippen LogP contribution in [0.25, 0.3) is 0 Å². The molecule has 0 N–H and O–H groups in total. The van der Waals surface area contributed by atoms with Gasteiger partial charge < -0.3 is 9.69 Å². The van der Waals surface area contributed by atoms with Crippen molar-refractivity contribution in [2.24, 2.45) is 0 Å². The van der Waals surface area contributed by atoms with Gasteiger partial charge in [0.2, 0.25) is 0 Å². The van der Waals surface area contributed by atoms with Crippen LogP contribution in [0.5, 0.6) is 0 Å². The standard InChI is InChI=1S/C13H14F3NO/c1-2-17-11(5-6-18)7-9-3-4-10(8-12(9)17)13(14,15)16/h3-4,6,8,11H,2,5,7H2,1H3. The third kappa shape index (κ3) is 2.21. The molecule has 1 aliphatic rings. The number of carbonyl (C=O) groups is 1. The fraction of sp³-hybridized carbons (Fsp3) is 0.462. The van der Waals surface area contributed by atoms with Gasteiger partial charge in [-0.25, -0.2) is 0 Å². The largest absolute Gasteiger partial charge is 0.416 e. The van der Waals surface area contributed by atoms with E-state index < -0.39 is 11.7 Å². The zero-order valence-corrected chi connectivity index (χ0v) is 10.00. The van der Waals surface area contributed by atoms with Crippen molar-refractivity contribution in [3.05, 3.63) is 29.3 Å². The summed E-state index contributed by atoms with van der Waals surface area (Å²) in [6, 6.07) is 3.80. The lowest BCUT2D eigenvalue weighted by molar-refractivity contribution is -0.137. The number of likely N-dealkylation sites (N-methyl/N-ethyl adjacent to an activating group) is 1. The van der Waals surface area contributed by atoms with Gasteiger partial charge in [-0.1, -0.05) is 6.07 Å². The van der Waals surface area contributed by atoms with Crippen LogP contribution >= 0.6 is 0 Å². The van der Waals surface area contributed by atoms with Gasteiger partial charge in [0.05, 0.1) is 5.56 Å². The van der Waals surface area contributed by atoms with Crippen LogP contribution in [0.1, 0.15) is 24.5 Å². The fourth-order valence-corrected chi connectivity index (χ4v) is 2.49. The summed E-state index contributed by atoms with van der Waals surface area (Å²) >= 11 is 0. The second-order valence-electron chi connectivity index (χ2n) is 4.39. The lowest BCUT2D eigenvalue weighted by atomic mass is 10.1. The average molecular weight is 257 g/mol. The second-order valence-corrected chi connectivity index (χ2v) is 4.39. The molecule has 1 atom stereocenters. The van der Waals surface area contributed by atoms with Gasteiger partial charge in [-0.2, -0.15) is 13.2 Å². The first-order valence-electron chi connectivity index (χ1n) is 5.87. The topological polar surface area (TPSA) is 20.3 Å². The molecule has 1 unspecified atom stereocenters. The van der Waals surface area contributed by atoms with Crippen molar-refractivity contribution in [2.45, 2.75) is 32.0 Å². The number of hydrogen-bond acceptors (Lipinski definition) is 2. The quantitative estimate of drug-likeness (QED) is 0.776. The lowest BCUT2D eigenvalue weighted by Crippen LogP contribution is -2.32. The Balaban J connectivity index is 2.37. The highest BCUT2D eigenvalue weighted by Crippen LogP contribution is 2.38. The molecule has 0 amide bonds. The first-order valence-corrected chi connectivity index (χ1v) is 5.87. The van der Waals surface area contributed by atoms with E-state index in [4.69, 9.17) is 0 Å². The molecule has 0 fully saturated rings. The van der Waals surface area contributed by atoms with E-state index in [9.17, 15) is 18.0 Å². The Labute approximate surface area is 103 Å². The maximum absolute atomic E-state index is 12.7. The van der Waals surface area contributed by atoms with Gasteiger partial charge >= 0.3 is 6.18 Å². The second kappa shape index (κ2) is 4.63. The molecule has 2 rings (SSSR count). The molecule has 1 aromatic carbocycles. The Morgan fingerprint density at radius 3 is 2.72 bits per heavy atom. The minimum atomic E-state index is -4.32. The number of alkyl halides is 3. The third-order valence-electron chi connectivity index (χ3n) is 3.33. The summed E-state index contributed by atoms with van der Waals surface area (Å²) in [6.07, 6.45) is -2.51. The third-order valence-corrected chi connectivity index (χ3v) is 3.33. The molecule has 0 bridgehead atoms. The molecule has 0 saturated carbocycles. The van der Waals surface area contributed by atoms with Gasteiger partial charge in [-0.05, 0) is 31.0 Å². The molecule has 0 aromatic heterocycles. The number of carbonyl (C=O) groups excluding carboxylic acids is 1. The Kier molecular flexibility index (Phi) is 3.32. The summed E-state index contributed by atoms with van der Waals surface area (Å²) in [6.45, 7) is 2.49. The Morgan fingerprint density at radius 1 is 1.44 bits per heavy atom.